The molecule has 2 aromatic rings. The smallest absolute Gasteiger partial charge is 0.254 e. The third-order valence-corrected chi connectivity index (χ3v) is 5.23. The maximum atomic E-state index is 12.6. The summed E-state index contributed by atoms with van der Waals surface area (Å²) in [5.74, 6) is 0.503. The number of nitrogens with one attached hydrogen (secondary N) is 1. The van der Waals surface area contributed by atoms with Crippen molar-refractivity contribution in [2.75, 3.05) is 19.6 Å². The maximum Gasteiger partial charge on any atom is 0.254 e. The lowest BCUT2D eigenvalue weighted by atomic mass is 9.95. The molecular formula is C19H22N4O2. The van der Waals surface area contributed by atoms with Crippen molar-refractivity contribution >= 4 is 11.8 Å². The van der Waals surface area contributed by atoms with E-state index in [1.165, 1.54) is 0 Å². The molecule has 0 saturated carbocycles. The van der Waals surface area contributed by atoms with Crippen molar-refractivity contribution in [2.24, 2.45) is 0 Å². The number of rotatable bonds is 4. The van der Waals surface area contributed by atoms with E-state index in [0.717, 1.165) is 42.8 Å². The number of H-pyrrole nitrogens is 1. The van der Waals surface area contributed by atoms with Gasteiger partial charge in [0.1, 0.15) is 0 Å². The van der Waals surface area contributed by atoms with Crippen molar-refractivity contribution in [2.45, 2.75) is 31.7 Å². The van der Waals surface area contributed by atoms with Crippen LogP contribution in [0, 0.1) is 0 Å². The van der Waals surface area contributed by atoms with E-state index in [2.05, 4.69) is 10.2 Å². The number of fused-ring (bicyclic) bond motifs is 1. The van der Waals surface area contributed by atoms with Gasteiger partial charge in [0, 0.05) is 56.0 Å². The molecule has 1 fully saturated rings. The van der Waals surface area contributed by atoms with Gasteiger partial charge in [0.05, 0.1) is 0 Å². The molecule has 3 heterocycles. The van der Waals surface area contributed by atoms with Crippen LogP contribution < -0.4 is 0 Å². The molecule has 2 amide bonds. The van der Waals surface area contributed by atoms with E-state index in [-0.39, 0.29) is 11.8 Å². The van der Waals surface area contributed by atoms with Gasteiger partial charge >= 0.3 is 0 Å². The lowest BCUT2D eigenvalue weighted by molar-refractivity contribution is -0.132. The highest BCUT2D eigenvalue weighted by Crippen LogP contribution is 2.26. The summed E-state index contributed by atoms with van der Waals surface area (Å²) in [6.45, 7) is 2.63. The van der Waals surface area contributed by atoms with Gasteiger partial charge in [-0.1, -0.05) is 18.2 Å². The molecule has 4 rings (SSSR count). The Bertz CT molecular complexity index is 771. The lowest BCUT2D eigenvalue weighted by Gasteiger charge is -2.32. The van der Waals surface area contributed by atoms with Crippen LogP contribution in [0.3, 0.4) is 0 Å². The minimum Gasteiger partial charge on any atom is -0.342 e. The van der Waals surface area contributed by atoms with Crippen molar-refractivity contribution in [1.29, 1.82) is 0 Å². The number of benzene rings is 1. The summed E-state index contributed by atoms with van der Waals surface area (Å²) in [5.41, 5.74) is 2.92. The molecule has 6 heteroatoms. The largest absolute Gasteiger partial charge is 0.342 e. The number of hydrogen-bond acceptors (Lipinski definition) is 3. The van der Waals surface area contributed by atoms with Crippen LogP contribution in [-0.2, 0) is 11.3 Å². The van der Waals surface area contributed by atoms with Crippen molar-refractivity contribution < 1.29 is 9.59 Å². The monoisotopic (exact) mass is 338 g/mol. The number of carbonyl (C=O) groups is 2. The zero-order chi connectivity index (χ0) is 17.2. The number of aromatic amines is 1. The second kappa shape index (κ2) is 6.70. The summed E-state index contributed by atoms with van der Waals surface area (Å²) in [4.78, 5) is 28.7. The lowest BCUT2D eigenvalue weighted by Crippen LogP contribution is -2.40. The molecule has 1 aromatic heterocycles. The number of nitrogens with zero attached hydrogens (tertiary/aromatic N) is 3. The summed E-state index contributed by atoms with van der Waals surface area (Å²) < 4.78 is 0. The van der Waals surface area contributed by atoms with E-state index in [4.69, 9.17) is 0 Å². The Hall–Kier alpha value is -2.63. The van der Waals surface area contributed by atoms with Gasteiger partial charge in [0.25, 0.3) is 5.91 Å². The minimum atomic E-state index is 0.0392. The van der Waals surface area contributed by atoms with Gasteiger partial charge in [-0.25, -0.2) is 0 Å². The van der Waals surface area contributed by atoms with Gasteiger partial charge in [0.15, 0.2) is 0 Å². The topological polar surface area (TPSA) is 69.3 Å². The van der Waals surface area contributed by atoms with Crippen molar-refractivity contribution in [3.8, 4) is 0 Å². The maximum absolute atomic E-state index is 12.6. The van der Waals surface area contributed by atoms with Gasteiger partial charge in [-0.15, -0.1) is 0 Å². The fraction of sp³-hybridized carbons (Fsp3) is 0.421. The molecule has 0 spiro atoms. The van der Waals surface area contributed by atoms with Crippen LogP contribution in [0.25, 0.3) is 0 Å². The molecule has 1 N–H and O–H groups in total. The molecule has 2 aliphatic heterocycles. The van der Waals surface area contributed by atoms with E-state index >= 15 is 0 Å². The highest BCUT2D eigenvalue weighted by Gasteiger charge is 2.29. The number of piperidine rings is 1. The summed E-state index contributed by atoms with van der Waals surface area (Å²) >= 11 is 0. The molecule has 6 nitrogen and oxygen atoms in total. The molecule has 130 valence electrons. The van der Waals surface area contributed by atoms with Crippen LogP contribution in [0.1, 0.15) is 46.8 Å². The average molecular weight is 338 g/mol. The summed E-state index contributed by atoms with van der Waals surface area (Å²) in [5, 5.41) is 7.03. The van der Waals surface area contributed by atoms with Gasteiger partial charge in [-0.2, -0.15) is 5.10 Å². The number of amides is 2. The molecule has 25 heavy (non-hydrogen) atoms. The Morgan fingerprint density at radius 3 is 2.96 bits per heavy atom. The van der Waals surface area contributed by atoms with E-state index < -0.39 is 0 Å². The first-order valence-electron chi connectivity index (χ1n) is 8.86. The number of hydrogen-bond donors (Lipinski definition) is 1. The number of likely N-dealkylation sites (tertiary alicyclic amines) is 1. The van der Waals surface area contributed by atoms with Crippen LogP contribution in [0.2, 0.25) is 0 Å². The van der Waals surface area contributed by atoms with Gasteiger partial charge in [0.2, 0.25) is 5.91 Å². The zero-order valence-corrected chi connectivity index (χ0v) is 14.1. The standard InChI is InChI=1S/C19H22N4O2/c24-18(22-10-3-5-15(13-22)17-7-9-20-21-17)8-11-23-12-14-4-1-2-6-16(14)19(23)25/h1-2,4,6-7,9,15H,3,5,8,10-13H2,(H,20,21)/t15-/m1/s1. The van der Waals surface area contributed by atoms with E-state index in [0.29, 0.717) is 25.4 Å². The highest BCUT2D eigenvalue weighted by atomic mass is 16.2. The van der Waals surface area contributed by atoms with Crippen LogP contribution in [0.15, 0.2) is 36.5 Å². The zero-order valence-electron chi connectivity index (χ0n) is 14.1. The van der Waals surface area contributed by atoms with Crippen molar-refractivity contribution in [3.63, 3.8) is 0 Å². The Morgan fingerprint density at radius 1 is 1.28 bits per heavy atom. The molecule has 1 atom stereocenters. The first-order chi connectivity index (χ1) is 12.2. The molecular weight excluding hydrogens is 316 g/mol. The minimum absolute atomic E-state index is 0.0392. The first-order valence-corrected chi connectivity index (χ1v) is 8.86. The molecule has 1 saturated heterocycles. The number of carbonyl (C=O) groups excluding carboxylic acids is 2. The second-order valence-electron chi connectivity index (χ2n) is 6.82. The van der Waals surface area contributed by atoms with Crippen molar-refractivity contribution in [3.05, 3.63) is 53.3 Å². The molecule has 0 bridgehead atoms. The van der Waals surface area contributed by atoms with Crippen LogP contribution in [0.4, 0.5) is 0 Å². The predicted molar refractivity (Wildman–Crippen MR) is 92.9 cm³/mol. The van der Waals surface area contributed by atoms with Crippen molar-refractivity contribution in [1.82, 2.24) is 20.0 Å². The fourth-order valence-corrected chi connectivity index (χ4v) is 3.84. The highest BCUT2D eigenvalue weighted by molar-refractivity contribution is 5.98. The molecule has 0 aliphatic carbocycles. The van der Waals surface area contributed by atoms with Crippen LogP contribution >= 0.6 is 0 Å². The SMILES string of the molecule is O=C(CCN1Cc2ccccc2C1=O)N1CCC[C@@H](c2ccn[nH]2)C1. The fourth-order valence-electron chi connectivity index (χ4n) is 3.84. The Labute approximate surface area is 146 Å². The Kier molecular flexibility index (Phi) is 4.26. The number of aromatic nitrogens is 2. The predicted octanol–water partition coefficient (Wildman–Crippen LogP) is 2.16. The molecule has 2 aliphatic rings. The van der Waals surface area contributed by atoms with Crippen LogP contribution in [-0.4, -0.2) is 51.4 Å². The van der Waals surface area contributed by atoms with Gasteiger partial charge in [-0.05, 0) is 30.5 Å². The molecule has 1 aromatic carbocycles. The Morgan fingerprint density at radius 2 is 2.16 bits per heavy atom. The second-order valence-corrected chi connectivity index (χ2v) is 6.82. The van der Waals surface area contributed by atoms with Gasteiger partial charge in [-0.3, -0.25) is 14.7 Å². The van der Waals surface area contributed by atoms with E-state index in [1.807, 2.05) is 35.2 Å². The van der Waals surface area contributed by atoms with Crippen LogP contribution in [0.5, 0.6) is 0 Å². The third-order valence-electron chi connectivity index (χ3n) is 5.23. The van der Waals surface area contributed by atoms with E-state index in [9.17, 15) is 9.59 Å². The Balaban J connectivity index is 1.33. The third kappa shape index (κ3) is 3.16. The summed E-state index contributed by atoms with van der Waals surface area (Å²) in [6.07, 6.45) is 4.22. The normalized spacial score (nSPS) is 20.0. The molecule has 0 unspecified atom stereocenters. The quantitative estimate of drug-likeness (QED) is 0.929. The average Bonchev–Trinajstić information content (AvgIpc) is 3.29. The summed E-state index contributed by atoms with van der Waals surface area (Å²) in [6, 6.07) is 9.66. The summed E-state index contributed by atoms with van der Waals surface area (Å²) in [7, 11) is 0. The molecule has 0 radical (unpaired) electrons. The van der Waals surface area contributed by atoms with E-state index in [1.54, 1.807) is 11.1 Å². The van der Waals surface area contributed by atoms with Gasteiger partial charge < -0.3 is 9.80 Å². The first kappa shape index (κ1) is 15.9.